The third-order valence-corrected chi connectivity index (χ3v) is 5.16. The van der Waals surface area contributed by atoms with Crippen LogP contribution in [-0.2, 0) is 19.1 Å². The highest BCUT2D eigenvalue weighted by Gasteiger charge is 2.34. The number of aliphatic hydroxyl groups is 2. The van der Waals surface area contributed by atoms with Gasteiger partial charge in [0.1, 0.15) is 11.9 Å². The van der Waals surface area contributed by atoms with Crippen LogP contribution in [0.2, 0.25) is 0 Å². The SMILES string of the molecule is C[C@@H]1O[C@@H](OCCCCCCCCCCCCC(=O)CC(=O)[O-])[C@H](O)C[C@H]1O. The molecule has 0 aliphatic carbocycles. The molecular weight excluding hydrogens is 364 g/mol. The summed E-state index contributed by atoms with van der Waals surface area (Å²) in [5.74, 6) is -1.52. The summed E-state index contributed by atoms with van der Waals surface area (Å²) in [5, 5.41) is 29.7. The van der Waals surface area contributed by atoms with Gasteiger partial charge in [0.2, 0.25) is 0 Å². The van der Waals surface area contributed by atoms with Crippen LogP contribution in [0, 0.1) is 0 Å². The molecule has 0 unspecified atom stereocenters. The standard InChI is InChI=1S/C21H38O7/c1-16-18(23)15-19(24)21(28-16)27-13-11-9-7-5-3-2-4-6-8-10-12-17(22)14-20(25)26/h16,18-19,21,23-24H,2-15H2,1H3,(H,25,26)/p-1/t16-,18+,19+,21+/m0/s1. The zero-order valence-electron chi connectivity index (χ0n) is 17.1. The summed E-state index contributed by atoms with van der Waals surface area (Å²) in [4.78, 5) is 21.5. The summed E-state index contributed by atoms with van der Waals surface area (Å²) < 4.78 is 11.1. The summed E-state index contributed by atoms with van der Waals surface area (Å²) in [5.41, 5.74) is 0. The van der Waals surface area contributed by atoms with Crippen molar-refractivity contribution >= 4 is 11.8 Å². The molecule has 1 rings (SSSR count). The van der Waals surface area contributed by atoms with Crippen molar-refractivity contribution in [2.75, 3.05) is 6.61 Å². The fourth-order valence-electron chi connectivity index (χ4n) is 3.38. The second-order valence-electron chi connectivity index (χ2n) is 7.82. The topological polar surface area (TPSA) is 116 Å². The molecule has 28 heavy (non-hydrogen) atoms. The first kappa shape index (κ1) is 25.0. The number of carbonyl (C=O) groups excluding carboxylic acids is 2. The zero-order valence-corrected chi connectivity index (χ0v) is 17.1. The molecule has 1 aliphatic heterocycles. The van der Waals surface area contributed by atoms with Crippen molar-refractivity contribution in [1.82, 2.24) is 0 Å². The molecule has 7 nitrogen and oxygen atoms in total. The molecule has 0 saturated carbocycles. The molecule has 0 aromatic heterocycles. The highest BCUT2D eigenvalue weighted by molar-refractivity contribution is 5.93. The summed E-state index contributed by atoms with van der Waals surface area (Å²) >= 11 is 0. The molecule has 1 saturated heterocycles. The van der Waals surface area contributed by atoms with Crippen LogP contribution in [0.1, 0.15) is 90.4 Å². The lowest BCUT2D eigenvalue weighted by Crippen LogP contribution is -2.47. The molecule has 2 N–H and O–H groups in total. The molecular formula is C21H37O7-. The third kappa shape index (κ3) is 11.7. The predicted molar refractivity (Wildman–Crippen MR) is 102 cm³/mol. The first-order valence-corrected chi connectivity index (χ1v) is 10.7. The van der Waals surface area contributed by atoms with Crippen LogP contribution in [0.4, 0.5) is 0 Å². The van der Waals surface area contributed by atoms with E-state index in [0.29, 0.717) is 19.4 Å². The van der Waals surface area contributed by atoms with E-state index in [1.54, 1.807) is 6.92 Å². The van der Waals surface area contributed by atoms with Crippen LogP contribution in [0.5, 0.6) is 0 Å². The van der Waals surface area contributed by atoms with Gasteiger partial charge in [-0.25, -0.2) is 0 Å². The zero-order chi connectivity index (χ0) is 20.8. The van der Waals surface area contributed by atoms with Crippen LogP contribution < -0.4 is 5.11 Å². The first-order valence-electron chi connectivity index (χ1n) is 10.7. The number of carboxylic acids is 1. The summed E-state index contributed by atoms with van der Waals surface area (Å²) in [6, 6.07) is 0. The molecule has 7 heteroatoms. The van der Waals surface area contributed by atoms with Crippen LogP contribution >= 0.6 is 0 Å². The van der Waals surface area contributed by atoms with Crippen LogP contribution in [0.15, 0.2) is 0 Å². The monoisotopic (exact) mass is 401 g/mol. The minimum absolute atomic E-state index is 0.236. The van der Waals surface area contributed by atoms with Crippen molar-refractivity contribution < 1.29 is 34.4 Å². The number of hydrogen-bond acceptors (Lipinski definition) is 7. The van der Waals surface area contributed by atoms with Crippen molar-refractivity contribution in [2.45, 2.75) is 115 Å². The van der Waals surface area contributed by atoms with Gasteiger partial charge >= 0.3 is 0 Å². The van der Waals surface area contributed by atoms with E-state index < -0.39 is 30.9 Å². The Morgan fingerprint density at radius 1 is 0.929 bits per heavy atom. The molecule has 0 spiro atoms. The van der Waals surface area contributed by atoms with Gasteiger partial charge in [0, 0.05) is 31.8 Å². The molecule has 0 amide bonds. The van der Waals surface area contributed by atoms with E-state index >= 15 is 0 Å². The van der Waals surface area contributed by atoms with Gasteiger partial charge in [0.15, 0.2) is 6.29 Å². The second-order valence-corrected chi connectivity index (χ2v) is 7.82. The van der Waals surface area contributed by atoms with Crippen LogP contribution in [-0.4, -0.2) is 53.2 Å². The number of unbranched alkanes of at least 4 members (excludes halogenated alkanes) is 9. The van der Waals surface area contributed by atoms with E-state index in [9.17, 15) is 24.9 Å². The van der Waals surface area contributed by atoms with Gasteiger partial charge in [0.25, 0.3) is 0 Å². The minimum atomic E-state index is -1.29. The lowest BCUT2D eigenvalue weighted by Gasteiger charge is -2.35. The van der Waals surface area contributed by atoms with Gasteiger partial charge < -0.3 is 29.6 Å². The highest BCUT2D eigenvalue weighted by atomic mass is 16.7. The fourth-order valence-corrected chi connectivity index (χ4v) is 3.38. The highest BCUT2D eigenvalue weighted by Crippen LogP contribution is 2.21. The Kier molecular flexibility index (Phi) is 13.3. The van der Waals surface area contributed by atoms with E-state index in [4.69, 9.17) is 9.47 Å². The predicted octanol–water partition coefficient (Wildman–Crippen LogP) is 1.86. The third-order valence-electron chi connectivity index (χ3n) is 5.16. The average Bonchev–Trinajstić information content (AvgIpc) is 2.62. The molecule has 0 aromatic carbocycles. The van der Waals surface area contributed by atoms with E-state index in [-0.39, 0.29) is 11.9 Å². The normalized spacial score (nSPS) is 25.0. The number of carbonyl (C=O) groups is 2. The van der Waals surface area contributed by atoms with E-state index in [2.05, 4.69) is 0 Å². The van der Waals surface area contributed by atoms with Crippen LogP contribution in [0.25, 0.3) is 0 Å². The number of aliphatic hydroxyl groups excluding tert-OH is 2. The Bertz CT molecular complexity index is 440. The Morgan fingerprint density at radius 2 is 1.46 bits per heavy atom. The molecule has 4 atom stereocenters. The maximum Gasteiger partial charge on any atom is 0.183 e. The van der Waals surface area contributed by atoms with Gasteiger partial charge in [-0.15, -0.1) is 0 Å². The molecule has 0 aromatic rings. The van der Waals surface area contributed by atoms with Crippen molar-refractivity contribution in [3.05, 3.63) is 0 Å². The van der Waals surface area contributed by atoms with Crippen molar-refractivity contribution in [1.29, 1.82) is 0 Å². The first-order chi connectivity index (χ1) is 13.4. The number of hydrogen-bond donors (Lipinski definition) is 2. The number of rotatable bonds is 16. The quantitative estimate of drug-likeness (QED) is 0.299. The number of carboxylic acid groups (broad SMARTS) is 1. The fraction of sp³-hybridized carbons (Fsp3) is 0.905. The Balaban J connectivity index is 1.83. The molecule has 164 valence electrons. The smallest absolute Gasteiger partial charge is 0.183 e. The Hall–Kier alpha value is -1.02. The molecule has 0 radical (unpaired) electrons. The average molecular weight is 402 g/mol. The number of Topliss-reactive ketones (excluding diaryl/α,β-unsaturated/α-hetero) is 1. The molecule has 0 bridgehead atoms. The summed E-state index contributed by atoms with van der Waals surface area (Å²) in [6.07, 6.45) is 8.57. The molecule has 1 fully saturated rings. The van der Waals surface area contributed by atoms with E-state index in [1.807, 2.05) is 0 Å². The maximum atomic E-state index is 11.2. The van der Waals surface area contributed by atoms with E-state index in [1.165, 1.54) is 19.3 Å². The van der Waals surface area contributed by atoms with Gasteiger partial charge in [-0.2, -0.15) is 0 Å². The lowest BCUT2D eigenvalue weighted by atomic mass is 10.0. The van der Waals surface area contributed by atoms with Crippen molar-refractivity contribution in [2.24, 2.45) is 0 Å². The number of aliphatic carboxylic acids is 1. The second kappa shape index (κ2) is 14.9. The van der Waals surface area contributed by atoms with Gasteiger partial charge in [-0.05, 0) is 19.8 Å². The Morgan fingerprint density at radius 3 is 2.04 bits per heavy atom. The minimum Gasteiger partial charge on any atom is -0.550 e. The van der Waals surface area contributed by atoms with Crippen molar-refractivity contribution in [3.63, 3.8) is 0 Å². The number of ether oxygens (including phenoxy) is 2. The largest absolute Gasteiger partial charge is 0.550 e. The maximum absolute atomic E-state index is 11.2. The van der Waals surface area contributed by atoms with Crippen LogP contribution in [0.3, 0.4) is 0 Å². The van der Waals surface area contributed by atoms with Gasteiger partial charge in [-0.1, -0.05) is 51.4 Å². The van der Waals surface area contributed by atoms with Gasteiger partial charge in [-0.3, -0.25) is 4.79 Å². The molecule has 1 aliphatic rings. The summed E-state index contributed by atoms with van der Waals surface area (Å²) in [6.45, 7) is 2.34. The van der Waals surface area contributed by atoms with Crippen molar-refractivity contribution in [3.8, 4) is 0 Å². The lowest BCUT2D eigenvalue weighted by molar-refractivity contribution is -0.304. The summed E-state index contributed by atoms with van der Waals surface area (Å²) in [7, 11) is 0. The number of ketones is 1. The van der Waals surface area contributed by atoms with E-state index in [0.717, 1.165) is 44.9 Å². The molecule has 1 heterocycles. The van der Waals surface area contributed by atoms with Gasteiger partial charge in [0.05, 0.1) is 12.2 Å². The Labute approximate surface area is 168 Å².